The molecule has 2 aromatic carbocycles. The molecule has 4 nitrogen and oxygen atoms in total. The maximum absolute atomic E-state index is 10.8. The molecule has 2 rings (SSSR count). The quantitative estimate of drug-likeness (QED) is 0.647. The highest BCUT2D eigenvalue weighted by atomic mass is 16.4. The van der Waals surface area contributed by atoms with Gasteiger partial charge in [-0.1, -0.05) is 36.4 Å². The summed E-state index contributed by atoms with van der Waals surface area (Å²) in [5, 5.41) is 39.9. The average Bonchev–Trinajstić information content (AvgIpc) is 2.59. The zero-order valence-corrected chi connectivity index (χ0v) is 15.3. The third kappa shape index (κ3) is 4.28. The lowest BCUT2D eigenvalue weighted by Gasteiger charge is -2.30. The van der Waals surface area contributed by atoms with Crippen molar-refractivity contribution in [2.45, 2.75) is 51.9 Å². The van der Waals surface area contributed by atoms with Crippen LogP contribution in [0.25, 0.3) is 0 Å². The summed E-state index contributed by atoms with van der Waals surface area (Å²) in [4.78, 5) is 0. The lowest BCUT2D eigenvalue weighted by molar-refractivity contribution is -0.0806. The van der Waals surface area contributed by atoms with E-state index in [9.17, 15) is 15.3 Å². The Morgan fingerprint density at radius 1 is 0.680 bits per heavy atom. The van der Waals surface area contributed by atoms with Gasteiger partial charge in [0.25, 0.3) is 0 Å². The third-order valence-electron chi connectivity index (χ3n) is 5.05. The smallest absolute Gasteiger partial charge is 0.109 e. The molecule has 2 aromatic rings. The van der Waals surface area contributed by atoms with Crippen LogP contribution in [-0.2, 0) is 0 Å². The van der Waals surface area contributed by atoms with Crippen LogP contribution >= 0.6 is 0 Å². The van der Waals surface area contributed by atoms with Crippen LogP contribution in [0.2, 0.25) is 0 Å². The van der Waals surface area contributed by atoms with E-state index in [1.807, 2.05) is 64.1 Å². The Morgan fingerprint density at radius 2 is 1.12 bits per heavy atom. The lowest BCUT2D eigenvalue weighted by atomic mass is 9.81. The molecule has 25 heavy (non-hydrogen) atoms. The van der Waals surface area contributed by atoms with Crippen molar-refractivity contribution in [3.8, 4) is 0 Å². The van der Waals surface area contributed by atoms with E-state index in [4.69, 9.17) is 5.11 Å². The second-order valence-corrected chi connectivity index (χ2v) is 6.90. The van der Waals surface area contributed by atoms with E-state index in [1.54, 1.807) is 0 Å². The Labute approximate surface area is 149 Å². The van der Waals surface area contributed by atoms with E-state index in [1.165, 1.54) is 0 Å². The fourth-order valence-electron chi connectivity index (χ4n) is 3.04. The monoisotopic (exact) mass is 344 g/mol. The minimum atomic E-state index is -1.45. The van der Waals surface area contributed by atoms with Gasteiger partial charge in [-0.15, -0.1) is 0 Å². The molecule has 4 heteroatoms. The van der Waals surface area contributed by atoms with Gasteiger partial charge in [0, 0.05) is 5.92 Å². The number of aliphatic hydroxyl groups excluding tert-OH is 4. The van der Waals surface area contributed by atoms with Crippen LogP contribution in [0.4, 0.5) is 0 Å². The minimum absolute atomic E-state index is 0.505. The molecule has 0 saturated carbocycles. The zero-order valence-electron chi connectivity index (χ0n) is 15.3. The van der Waals surface area contributed by atoms with Gasteiger partial charge in [-0.3, -0.25) is 0 Å². The number of benzene rings is 2. The second kappa shape index (κ2) is 8.11. The van der Waals surface area contributed by atoms with Gasteiger partial charge in [0.1, 0.15) is 12.2 Å². The highest BCUT2D eigenvalue weighted by Crippen LogP contribution is 2.32. The third-order valence-corrected chi connectivity index (χ3v) is 5.05. The summed E-state index contributed by atoms with van der Waals surface area (Å²) in [6.45, 7) is 7.43. The summed E-state index contributed by atoms with van der Waals surface area (Å²) in [5.74, 6) is -0.505. The SMILES string of the molecule is Cc1ccc(C(c2ccc(C)c(C)c2)[C@@H](O)[C@H](O)[C@H](O)CO)cc1C. The second-order valence-electron chi connectivity index (χ2n) is 6.90. The van der Waals surface area contributed by atoms with Gasteiger partial charge in [0.2, 0.25) is 0 Å². The Hall–Kier alpha value is -1.72. The molecule has 0 bridgehead atoms. The molecule has 0 aromatic heterocycles. The number of hydrogen-bond donors (Lipinski definition) is 4. The van der Waals surface area contributed by atoms with Crippen molar-refractivity contribution in [3.63, 3.8) is 0 Å². The molecule has 0 radical (unpaired) electrons. The van der Waals surface area contributed by atoms with Crippen LogP contribution in [0, 0.1) is 27.7 Å². The van der Waals surface area contributed by atoms with Gasteiger partial charge in [-0.2, -0.15) is 0 Å². The topological polar surface area (TPSA) is 80.9 Å². The highest BCUT2D eigenvalue weighted by molar-refractivity contribution is 5.41. The molecule has 0 heterocycles. The number of hydrogen-bond acceptors (Lipinski definition) is 4. The fourth-order valence-corrected chi connectivity index (χ4v) is 3.04. The molecule has 136 valence electrons. The first kappa shape index (κ1) is 19.6. The van der Waals surface area contributed by atoms with Crippen LogP contribution in [0.3, 0.4) is 0 Å². The van der Waals surface area contributed by atoms with Gasteiger partial charge in [0.15, 0.2) is 0 Å². The fraction of sp³-hybridized carbons (Fsp3) is 0.429. The number of aryl methyl sites for hydroxylation is 4. The summed E-state index contributed by atoms with van der Waals surface area (Å²) < 4.78 is 0. The van der Waals surface area contributed by atoms with Crippen molar-refractivity contribution in [2.75, 3.05) is 6.61 Å². The Bertz CT molecular complexity index is 674. The molecular weight excluding hydrogens is 316 g/mol. The predicted octanol–water partition coefficient (Wildman–Crippen LogP) is 2.13. The number of rotatable bonds is 6. The van der Waals surface area contributed by atoms with E-state index in [-0.39, 0.29) is 0 Å². The van der Waals surface area contributed by atoms with Gasteiger partial charge >= 0.3 is 0 Å². The van der Waals surface area contributed by atoms with Crippen LogP contribution in [0.1, 0.15) is 39.3 Å². The molecule has 0 fully saturated rings. The molecule has 4 N–H and O–H groups in total. The van der Waals surface area contributed by atoms with Crippen LogP contribution in [0.15, 0.2) is 36.4 Å². The lowest BCUT2D eigenvalue weighted by Crippen LogP contribution is -2.43. The van der Waals surface area contributed by atoms with Gasteiger partial charge in [0.05, 0.1) is 12.7 Å². The molecule has 0 aliphatic heterocycles. The summed E-state index contributed by atoms with van der Waals surface area (Å²) in [6, 6.07) is 11.8. The molecule has 0 amide bonds. The zero-order chi connectivity index (χ0) is 18.7. The van der Waals surface area contributed by atoms with Crippen molar-refractivity contribution >= 4 is 0 Å². The van der Waals surface area contributed by atoms with Gasteiger partial charge < -0.3 is 20.4 Å². The van der Waals surface area contributed by atoms with E-state index >= 15 is 0 Å². The van der Waals surface area contributed by atoms with E-state index < -0.39 is 30.8 Å². The van der Waals surface area contributed by atoms with E-state index in [0.717, 1.165) is 33.4 Å². The first-order valence-corrected chi connectivity index (χ1v) is 8.55. The van der Waals surface area contributed by atoms with Crippen molar-refractivity contribution in [2.24, 2.45) is 0 Å². The van der Waals surface area contributed by atoms with Crippen LogP contribution in [0.5, 0.6) is 0 Å². The van der Waals surface area contributed by atoms with E-state index in [0.29, 0.717) is 0 Å². The Balaban J connectivity index is 2.53. The summed E-state index contributed by atoms with van der Waals surface area (Å²) in [5.41, 5.74) is 6.21. The molecular formula is C21H28O4. The summed E-state index contributed by atoms with van der Waals surface area (Å²) >= 11 is 0. The number of aliphatic hydroxyl groups is 4. The largest absolute Gasteiger partial charge is 0.394 e. The maximum atomic E-state index is 10.8. The van der Waals surface area contributed by atoms with Crippen molar-refractivity contribution in [3.05, 3.63) is 69.8 Å². The molecule has 0 unspecified atom stereocenters. The molecule has 0 aliphatic carbocycles. The van der Waals surface area contributed by atoms with Crippen molar-refractivity contribution in [1.29, 1.82) is 0 Å². The maximum Gasteiger partial charge on any atom is 0.109 e. The van der Waals surface area contributed by atoms with Gasteiger partial charge in [-0.25, -0.2) is 0 Å². The normalized spacial score (nSPS) is 15.2. The standard InChI is InChI=1S/C21H28O4/c1-12-5-7-16(9-14(12)3)19(21(25)20(24)18(23)11-22)17-8-6-13(2)15(4)10-17/h5-10,18-25H,11H2,1-4H3/t18-,20-,21-/m1/s1. The first-order chi connectivity index (χ1) is 11.8. The summed E-state index contributed by atoms with van der Waals surface area (Å²) in [7, 11) is 0. The molecule has 0 spiro atoms. The molecule has 3 atom stereocenters. The van der Waals surface area contributed by atoms with Crippen molar-refractivity contribution in [1.82, 2.24) is 0 Å². The molecule has 0 aliphatic rings. The highest BCUT2D eigenvalue weighted by Gasteiger charge is 2.33. The molecule has 0 saturated heterocycles. The average molecular weight is 344 g/mol. The predicted molar refractivity (Wildman–Crippen MR) is 98.8 cm³/mol. The Kier molecular flexibility index (Phi) is 6.36. The Morgan fingerprint density at radius 3 is 1.48 bits per heavy atom. The van der Waals surface area contributed by atoms with Crippen LogP contribution in [-0.4, -0.2) is 45.3 Å². The van der Waals surface area contributed by atoms with Crippen LogP contribution < -0.4 is 0 Å². The minimum Gasteiger partial charge on any atom is -0.394 e. The summed E-state index contributed by atoms with van der Waals surface area (Å²) in [6.07, 6.45) is -4.08. The van der Waals surface area contributed by atoms with Crippen molar-refractivity contribution < 1.29 is 20.4 Å². The van der Waals surface area contributed by atoms with Gasteiger partial charge in [-0.05, 0) is 61.1 Å². The van der Waals surface area contributed by atoms with E-state index in [2.05, 4.69) is 0 Å². The first-order valence-electron chi connectivity index (χ1n) is 8.55.